The SMILES string of the molecule is CCCCc1ccccc1-c1nc2ccccc2o1. The summed E-state index contributed by atoms with van der Waals surface area (Å²) in [6.07, 6.45) is 3.46. The number of hydrogen-bond donors (Lipinski definition) is 0. The molecule has 0 aliphatic carbocycles. The van der Waals surface area contributed by atoms with Gasteiger partial charge in [-0.2, -0.15) is 0 Å². The minimum Gasteiger partial charge on any atom is -0.436 e. The Balaban J connectivity index is 2.05. The van der Waals surface area contributed by atoms with Gasteiger partial charge in [-0.15, -0.1) is 0 Å². The van der Waals surface area contributed by atoms with E-state index in [-0.39, 0.29) is 0 Å². The zero-order valence-electron chi connectivity index (χ0n) is 11.1. The molecule has 0 bridgehead atoms. The van der Waals surface area contributed by atoms with Crippen LogP contribution in [0.25, 0.3) is 22.6 Å². The maximum Gasteiger partial charge on any atom is 0.227 e. The predicted octanol–water partition coefficient (Wildman–Crippen LogP) is 4.84. The van der Waals surface area contributed by atoms with Crippen molar-refractivity contribution >= 4 is 11.1 Å². The number of fused-ring (bicyclic) bond motifs is 1. The van der Waals surface area contributed by atoms with Crippen molar-refractivity contribution in [2.45, 2.75) is 26.2 Å². The number of aromatic nitrogens is 1. The Hall–Kier alpha value is -2.09. The highest BCUT2D eigenvalue weighted by Gasteiger charge is 2.11. The zero-order valence-corrected chi connectivity index (χ0v) is 11.1. The number of hydrogen-bond acceptors (Lipinski definition) is 2. The lowest BCUT2D eigenvalue weighted by atomic mass is 10.0. The van der Waals surface area contributed by atoms with Crippen LogP contribution in [0.4, 0.5) is 0 Å². The molecule has 0 amide bonds. The van der Waals surface area contributed by atoms with Gasteiger partial charge in [-0.25, -0.2) is 4.98 Å². The Bertz CT molecular complexity index is 651. The lowest BCUT2D eigenvalue weighted by Gasteiger charge is -2.05. The number of aryl methyl sites for hydroxylation is 1. The van der Waals surface area contributed by atoms with Gasteiger partial charge >= 0.3 is 0 Å². The van der Waals surface area contributed by atoms with Gasteiger partial charge in [0.25, 0.3) is 0 Å². The first-order chi connectivity index (χ1) is 9.38. The molecule has 0 saturated heterocycles. The molecule has 19 heavy (non-hydrogen) atoms. The van der Waals surface area contributed by atoms with Crippen LogP contribution >= 0.6 is 0 Å². The molecule has 2 aromatic carbocycles. The van der Waals surface area contributed by atoms with Crippen molar-refractivity contribution < 1.29 is 4.42 Å². The van der Waals surface area contributed by atoms with Crippen LogP contribution in [0, 0.1) is 0 Å². The standard InChI is InChI=1S/C17H17NO/c1-2-3-8-13-9-4-5-10-14(13)17-18-15-11-6-7-12-16(15)19-17/h4-7,9-12H,2-3,8H2,1H3. The van der Waals surface area contributed by atoms with Gasteiger partial charge < -0.3 is 4.42 Å². The Labute approximate surface area is 113 Å². The highest BCUT2D eigenvalue weighted by atomic mass is 16.3. The second kappa shape index (κ2) is 5.27. The van der Waals surface area contributed by atoms with E-state index in [0.29, 0.717) is 0 Å². The summed E-state index contributed by atoms with van der Waals surface area (Å²) in [7, 11) is 0. The summed E-state index contributed by atoms with van der Waals surface area (Å²) >= 11 is 0. The maximum absolute atomic E-state index is 5.86. The monoisotopic (exact) mass is 251 g/mol. The van der Waals surface area contributed by atoms with E-state index in [0.717, 1.165) is 29.0 Å². The first-order valence-corrected chi connectivity index (χ1v) is 6.82. The summed E-state index contributed by atoms with van der Waals surface area (Å²) in [6.45, 7) is 2.21. The van der Waals surface area contributed by atoms with Crippen molar-refractivity contribution in [2.75, 3.05) is 0 Å². The van der Waals surface area contributed by atoms with Crippen molar-refractivity contribution in [2.24, 2.45) is 0 Å². The summed E-state index contributed by atoms with van der Waals surface area (Å²) in [6, 6.07) is 16.3. The molecule has 1 heterocycles. The molecular weight excluding hydrogens is 234 g/mol. The molecule has 3 rings (SSSR count). The number of unbranched alkanes of at least 4 members (excludes halogenated alkanes) is 1. The van der Waals surface area contributed by atoms with E-state index in [9.17, 15) is 0 Å². The molecule has 3 aromatic rings. The van der Waals surface area contributed by atoms with Crippen molar-refractivity contribution in [1.82, 2.24) is 4.98 Å². The summed E-state index contributed by atoms with van der Waals surface area (Å²) in [5.41, 5.74) is 4.20. The van der Waals surface area contributed by atoms with Crippen LogP contribution in [-0.4, -0.2) is 4.98 Å². The average molecular weight is 251 g/mol. The highest BCUT2D eigenvalue weighted by molar-refractivity contribution is 5.76. The third-order valence-corrected chi connectivity index (χ3v) is 3.34. The third kappa shape index (κ3) is 2.39. The van der Waals surface area contributed by atoms with Gasteiger partial charge in [0.1, 0.15) is 5.52 Å². The molecule has 0 aliphatic heterocycles. The van der Waals surface area contributed by atoms with E-state index in [1.807, 2.05) is 30.3 Å². The smallest absolute Gasteiger partial charge is 0.227 e. The summed E-state index contributed by atoms with van der Waals surface area (Å²) < 4.78 is 5.86. The Kier molecular flexibility index (Phi) is 3.32. The van der Waals surface area contributed by atoms with Crippen LogP contribution in [0.1, 0.15) is 25.3 Å². The largest absolute Gasteiger partial charge is 0.436 e. The first kappa shape index (κ1) is 12.0. The second-order valence-corrected chi connectivity index (χ2v) is 4.75. The van der Waals surface area contributed by atoms with Gasteiger partial charge in [-0.05, 0) is 36.6 Å². The van der Waals surface area contributed by atoms with Crippen LogP contribution in [0.15, 0.2) is 52.9 Å². The molecule has 0 unspecified atom stereocenters. The fourth-order valence-electron chi connectivity index (χ4n) is 2.30. The van der Waals surface area contributed by atoms with Crippen LogP contribution in [0.3, 0.4) is 0 Å². The number of para-hydroxylation sites is 2. The minimum absolute atomic E-state index is 0.730. The first-order valence-electron chi connectivity index (χ1n) is 6.82. The van der Waals surface area contributed by atoms with Gasteiger partial charge in [0, 0.05) is 5.56 Å². The lowest BCUT2D eigenvalue weighted by molar-refractivity contribution is 0.618. The van der Waals surface area contributed by atoms with E-state index < -0.39 is 0 Å². The van der Waals surface area contributed by atoms with Gasteiger partial charge in [0.05, 0.1) is 0 Å². The van der Waals surface area contributed by atoms with Crippen LogP contribution in [0.5, 0.6) is 0 Å². The molecule has 2 nitrogen and oxygen atoms in total. The van der Waals surface area contributed by atoms with E-state index in [1.165, 1.54) is 18.4 Å². The fourth-order valence-corrected chi connectivity index (χ4v) is 2.30. The third-order valence-electron chi connectivity index (χ3n) is 3.34. The minimum atomic E-state index is 0.730. The quantitative estimate of drug-likeness (QED) is 0.663. The number of nitrogens with zero attached hydrogens (tertiary/aromatic N) is 1. The Morgan fingerprint density at radius 2 is 1.79 bits per heavy atom. The van der Waals surface area contributed by atoms with E-state index in [4.69, 9.17) is 4.42 Å². The molecule has 0 N–H and O–H groups in total. The second-order valence-electron chi connectivity index (χ2n) is 4.75. The molecule has 0 radical (unpaired) electrons. The van der Waals surface area contributed by atoms with Crippen LogP contribution in [0.2, 0.25) is 0 Å². The van der Waals surface area contributed by atoms with Crippen molar-refractivity contribution in [3.8, 4) is 11.5 Å². The van der Waals surface area contributed by atoms with E-state index in [1.54, 1.807) is 0 Å². The molecule has 1 aromatic heterocycles. The van der Waals surface area contributed by atoms with Crippen molar-refractivity contribution in [3.63, 3.8) is 0 Å². The number of benzene rings is 2. The molecule has 96 valence electrons. The normalized spacial score (nSPS) is 11.0. The molecule has 0 saturated carbocycles. The molecule has 0 atom stereocenters. The summed E-state index contributed by atoms with van der Waals surface area (Å²) in [4.78, 5) is 4.59. The van der Waals surface area contributed by atoms with E-state index >= 15 is 0 Å². The fraction of sp³-hybridized carbons (Fsp3) is 0.235. The average Bonchev–Trinajstić information content (AvgIpc) is 2.89. The molecule has 2 heteroatoms. The zero-order chi connectivity index (χ0) is 13.1. The maximum atomic E-state index is 5.86. The van der Waals surface area contributed by atoms with E-state index in [2.05, 4.69) is 30.1 Å². The van der Waals surface area contributed by atoms with Gasteiger partial charge in [-0.3, -0.25) is 0 Å². The topological polar surface area (TPSA) is 26.0 Å². The molecule has 0 spiro atoms. The Morgan fingerprint density at radius 3 is 2.63 bits per heavy atom. The van der Waals surface area contributed by atoms with Gasteiger partial charge in [-0.1, -0.05) is 43.7 Å². The number of oxazole rings is 1. The van der Waals surface area contributed by atoms with Gasteiger partial charge in [0.2, 0.25) is 5.89 Å². The predicted molar refractivity (Wildman–Crippen MR) is 78.1 cm³/mol. The van der Waals surface area contributed by atoms with Crippen LogP contribution in [-0.2, 0) is 6.42 Å². The molecule has 0 fully saturated rings. The highest BCUT2D eigenvalue weighted by Crippen LogP contribution is 2.27. The lowest BCUT2D eigenvalue weighted by Crippen LogP contribution is -1.89. The van der Waals surface area contributed by atoms with Crippen molar-refractivity contribution in [1.29, 1.82) is 0 Å². The summed E-state index contributed by atoms with van der Waals surface area (Å²) in [5, 5.41) is 0. The molecular formula is C17H17NO. The van der Waals surface area contributed by atoms with Crippen LogP contribution < -0.4 is 0 Å². The summed E-state index contributed by atoms with van der Waals surface area (Å²) in [5.74, 6) is 0.730. The molecule has 0 aliphatic rings. The van der Waals surface area contributed by atoms with Gasteiger partial charge in [0.15, 0.2) is 5.58 Å². The Morgan fingerprint density at radius 1 is 1.00 bits per heavy atom. The number of rotatable bonds is 4. The van der Waals surface area contributed by atoms with Crippen molar-refractivity contribution in [3.05, 3.63) is 54.1 Å².